The molecular formula is C14H10Cl2FN3. The van der Waals surface area contributed by atoms with Crippen LogP contribution >= 0.6 is 23.2 Å². The summed E-state index contributed by atoms with van der Waals surface area (Å²) in [7, 11) is 0. The van der Waals surface area contributed by atoms with Gasteiger partial charge < -0.3 is 0 Å². The third-order valence-electron chi connectivity index (χ3n) is 2.98. The minimum atomic E-state index is -0.389. The molecule has 0 aliphatic rings. The number of aromatic nitrogens is 3. The number of aryl methyl sites for hydroxylation is 1. The molecule has 3 rings (SSSR count). The molecule has 0 saturated heterocycles. The molecule has 0 amide bonds. The lowest BCUT2D eigenvalue weighted by Gasteiger charge is -2.09. The number of alkyl halides is 1. The van der Waals surface area contributed by atoms with Crippen molar-refractivity contribution in [1.82, 2.24) is 14.5 Å². The summed E-state index contributed by atoms with van der Waals surface area (Å²) in [5.41, 5.74) is 2.86. The minimum Gasteiger partial charge on any atom is -0.278 e. The van der Waals surface area contributed by atoms with E-state index in [1.54, 1.807) is 10.6 Å². The van der Waals surface area contributed by atoms with Gasteiger partial charge in [0.15, 0.2) is 5.65 Å². The van der Waals surface area contributed by atoms with Gasteiger partial charge in [-0.25, -0.2) is 14.4 Å². The van der Waals surface area contributed by atoms with E-state index in [4.69, 9.17) is 23.2 Å². The fourth-order valence-electron chi connectivity index (χ4n) is 2.10. The fraction of sp³-hybridized carbons (Fsp3) is 0.143. The van der Waals surface area contributed by atoms with Gasteiger partial charge in [-0.05, 0) is 37.3 Å². The molecule has 20 heavy (non-hydrogen) atoms. The first kappa shape index (κ1) is 13.3. The largest absolute Gasteiger partial charge is 0.278 e. The second kappa shape index (κ2) is 5.04. The summed E-state index contributed by atoms with van der Waals surface area (Å²) in [4.78, 5) is 8.90. The van der Waals surface area contributed by atoms with Crippen LogP contribution in [0.1, 0.15) is 11.5 Å². The van der Waals surface area contributed by atoms with Gasteiger partial charge in [0.05, 0.1) is 16.6 Å². The summed E-state index contributed by atoms with van der Waals surface area (Å²) in [6, 6.07) is 7.96. The molecule has 0 bridgehead atoms. The van der Waals surface area contributed by atoms with Crippen LogP contribution in [0.3, 0.4) is 0 Å². The van der Waals surface area contributed by atoms with Crippen molar-refractivity contribution >= 4 is 34.4 Å². The number of hydrogen-bond acceptors (Lipinski definition) is 2. The van der Waals surface area contributed by atoms with Crippen LogP contribution in [0.5, 0.6) is 0 Å². The Labute approximate surface area is 125 Å². The van der Waals surface area contributed by atoms with Crippen molar-refractivity contribution in [2.45, 2.75) is 12.8 Å². The van der Waals surface area contributed by atoms with Crippen molar-refractivity contribution < 1.29 is 4.39 Å². The maximum atomic E-state index is 13.2. The Balaban J connectivity index is 2.36. The second-order valence-corrected chi connectivity index (χ2v) is 5.06. The van der Waals surface area contributed by atoms with E-state index in [-0.39, 0.29) is 11.7 Å². The lowest BCUT2D eigenvalue weighted by molar-refractivity contribution is 0.627. The fourth-order valence-corrected chi connectivity index (χ4v) is 2.54. The number of imidazole rings is 1. The zero-order valence-electron chi connectivity index (χ0n) is 10.6. The van der Waals surface area contributed by atoms with Crippen molar-refractivity contribution in [2.24, 2.45) is 0 Å². The van der Waals surface area contributed by atoms with Crippen LogP contribution in [-0.4, -0.2) is 14.5 Å². The average Bonchev–Trinajstić information content (AvgIpc) is 2.76. The second-order valence-electron chi connectivity index (χ2n) is 4.39. The normalized spacial score (nSPS) is 11.2. The molecule has 6 heteroatoms. The van der Waals surface area contributed by atoms with E-state index in [9.17, 15) is 4.39 Å². The molecule has 0 saturated carbocycles. The topological polar surface area (TPSA) is 30.7 Å². The molecule has 1 aromatic carbocycles. The Morgan fingerprint density at radius 1 is 1.20 bits per heavy atom. The number of nitrogens with zero attached hydrogens (tertiary/aromatic N) is 3. The molecular weight excluding hydrogens is 300 g/mol. The Morgan fingerprint density at radius 2 is 2.00 bits per heavy atom. The van der Waals surface area contributed by atoms with E-state index >= 15 is 0 Å². The molecule has 3 aromatic rings. The van der Waals surface area contributed by atoms with E-state index < -0.39 is 0 Å². The van der Waals surface area contributed by atoms with Gasteiger partial charge >= 0.3 is 0 Å². The van der Waals surface area contributed by atoms with Gasteiger partial charge in [0.1, 0.15) is 17.2 Å². The van der Waals surface area contributed by atoms with Crippen LogP contribution in [0.15, 0.2) is 30.3 Å². The summed E-state index contributed by atoms with van der Waals surface area (Å²) in [6.07, 6.45) is 0. The standard InChI is InChI=1S/C14H10Cl2FN3/c1-8-2-4-11-14(18-8)20(13(7-15)19-11)12-5-3-9(17)6-10(12)16/h2-6H,7H2,1H3. The highest BCUT2D eigenvalue weighted by atomic mass is 35.5. The molecule has 3 nitrogen and oxygen atoms in total. The Bertz CT molecular complexity index is 798. The van der Waals surface area contributed by atoms with Crippen LogP contribution in [0.25, 0.3) is 16.9 Å². The highest BCUT2D eigenvalue weighted by Gasteiger charge is 2.15. The summed E-state index contributed by atoms with van der Waals surface area (Å²) in [5.74, 6) is 0.441. The number of rotatable bonds is 2. The van der Waals surface area contributed by atoms with Gasteiger partial charge in [-0.1, -0.05) is 11.6 Å². The number of pyridine rings is 1. The molecule has 0 N–H and O–H groups in total. The summed E-state index contributed by atoms with van der Waals surface area (Å²) >= 11 is 12.1. The third-order valence-corrected chi connectivity index (χ3v) is 3.53. The molecule has 2 aromatic heterocycles. The van der Waals surface area contributed by atoms with E-state index in [1.165, 1.54) is 12.1 Å². The number of halogens is 3. The van der Waals surface area contributed by atoms with E-state index in [0.717, 1.165) is 11.2 Å². The molecule has 0 fully saturated rings. The molecule has 0 aliphatic heterocycles. The highest BCUT2D eigenvalue weighted by molar-refractivity contribution is 6.32. The lowest BCUT2D eigenvalue weighted by atomic mass is 10.3. The molecule has 2 heterocycles. The molecule has 102 valence electrons. The Kier molecular flexibility index (Phi) is 3.36. The first-order valence-corrected chi connectivity index (χ1v) is 6.88. The van der Waals surface area contributed by atoms with Crippen LogP contribution in [0.2, 0.25) is 5.02 Å². The SMILES string of the molecule is Cc1ccc2nc(CCl)n(-c3ccc(F)cc3Cl)c2n1. The van der Waals surface area contributed by atoms with Gasteiger partial charge in [0.2, 0.25) is 0 Å². The molecule has 0 spiro atoms. The molecule has 0 unspecified atom stereocenters. The average molecular weight is 310 g/mol. The smallest absolute Gasteiger partial charge is 0.165 e. The van der Waals surface area contributed by atoms with Crippen molar-refractivity contribution in [1.29, 1.82) is 0 Å². The first-order valence-electron chi connectivity index (χ1n) is 5.96. The van der Waals surface area contributed by atoms with Crippen LogP contribution in [0, 0.1) is 12.7 Å². The maximum Gasteiger partial charge on any atom is 0.165 e. The lowest BCUT2D eigenvalue weighted by Crippen LogP contribution is -2.02. The molecule has 0 atom stereocenters. The van der Waals surface area contributed by atoms with Crippen LogP contribution in [-0.2, 0) is 5.88 Å². The van der Waals surface area contributed by atoms with Gasteiger partial charge in [0.25, 0.3) is 0 Å². The Hall–Kier alpha value is -1.65. The quantitative estimate of drug-likeness (QED) is 0.662. The molecule has 0 aliphatic carbocycles. The van der Waals surface area contributed by atoms with Gasteiger partial charge in [0, 0.05) is 5.69 Å². The van der Waals surface area contributed by atoms with E-state index in [0.29, 0.717) is 22.2 Å². The van der Waals surface area contributed by atoms with Gasteiger partial charge in [-0.15, -0.1) is 11.6 Å². The predicted molar refractivity (Wildman–Crippen MR) is 78.1 cm³/mol. The van der Waals surface area contributed by atoms with Crippen LogP contribution < -0.4 is 0 Å². The van der Waals surface area contributed by atoms with E-state index in [2.05, 4.69) is 9.97 Å². The van der Waals surface area contributed by atoms with Crippen molar-refractivity contribution in [3.05, 3.63) is 52.7 Å². The Morgan fingerprint density at radius 3 is 2.70 bits per heavy atom. The summed E-state index contributed by atoms with van der Waals surface area (Å²) < 4.78 is 15.0. The monoisotopic (exact) mass is 309 g/mol. The number of fused-ring (bicyclic) bond motifs is 1. The summed E-state index contributed by atoms with van der Waals surface area (Å²) in [6.45, 7) is 1.89. The molecule has 0 radical (unpaired) electrons. The maximum absolute atomic E-state index is 13.2. The van der Waals surface area contributed by atoms with Gasteiger partial charge in [-0.2, -0.15) is 0 Å². The van der Waals surface area contributed by atoms with Crippen molar-refractivity contribution in [3.8, 4) is 5.69 Å². The van der Waals surface area contributed by atoms with Crippen LogP contribution in [0.4, 0.5) is 4.39 Å². The van der Waals surface area contributed by atoms with Gasteiger partial charge in [-0.3, -0.25) is 4.57 Å². The minimum absolute atomic E-state index is 0.211. The first-order chi connectivity index (χ1) is 9.60. The zero-order valence-corrected chi connectivity index (χ0v) is 12.1. The number of hydrogen-bond donors (Lipinski definition) is 0. The number of benzene rings is 1. The zero-order chi connectivity index (χ0) is 14.3. The van der Waals surface area contributed by atoms with Crippen molar-refractivity contribution in [2.75, 3.05) is 0 Å². The summed E-state index contributed by atoms with van der Waals surface area (Å²) in [5, 5.41) is 0.291. The highest BCUT2D eigenvalue weighted by Crippen LogP contribution is 2.27. The predicted octanol–water partition coefficient (Wildman–Crippen LogP) is 4.26. The van der Waals surface area contributed by atoms with Crippen molar-refractivity contribution in [3.63, 3.8) is 0 Å². The van der Waals surface area contributed by atoms with E-state index in [1.807, 2.05) is 19.1 Å². The third kappa shape index (κ3) is 2.15.